The molecule has 17 heavy (non-hydrogen) atoms. The maximum atomic E-state index is 5.62. The van der Waals surface area contributed by atoms with E-state index in [0.717, 1.165) is 5.75 Å². The van der Waals surface area contributed by atoms with Crippen molar-refractivity contribution in [2.24, 2.45) is 0 Å². The summed E-state index contributed by atoms with van der Waals surface area (Å²) in [6.07, 6.45) is 1.68. The van der Waals surface area contributed by atoms with Gasteiger partial charge in [-0.1, -0.05) is 24.3 Å². The van der Waals surface area contributed by atoms with Crippen molar-refractivity contribution in [3.8, 4) is 5.75 Å². The molecule has 0 aliphatic heterocycles. The number of hydrogen-bond donors (Lipinski definition) is 0. The lowest BCUT2D eigenvalue weighted by Crippen LogP contribution is -2.27. The lowest BCUT2D eigenvalue weighted by atomic mass is 10.3. The Morgan fingerprint density at radius 2 is 2.00 bits per heavy atom. The Labute approximate surface area is 103 Å². The van der Waals surface area contributed by atoms with Crippen molar-refractivity contribution in [3.05, 3.63) is 43.0 Å². The van der Waals surface area contributed by atoms with E-state index in [1.807, 2.05) is 37.3 Å². The van der Waals surface area contributed by atoms with Gasteiger partial charge in [0.1, 0.15) is 18.5 Å². The third-order valence-corrected chi connectivity index (χ3v) is 2.12. The average Bonchev–Trinajstić information content (AvgIpc) is 2.37. The largest absolute Gasteiger partial charge is 0.491 e. The molecule has 0 aliphatic carbocycles. The quantitative estimate of drug-likeness (QED) is 0.487. The minimum absolute atomic E-state index is 0.0415. The Hall–Kier alpha value is -1.32. The second-order valence-corrected chi connectivity index (χ2v) is 3.53. The Kier molecular flexibility index (Phi) is 7.11. The molecule has 1 aromatic rings. The van der Waals surface area contributed by atoms with Crippen LogP contribution in [0.2, 0.25) is 0 Å². The summed E-state index contributed by atoms with van der Waals surface area (Å²) in [7, 11) is 0. The summed E-state index contributed by atoms with van der Waals surface area (Å²) < 4.78 is 16.5. The van der Waals surface area contributed by atoms with Crippen molar-refractivity contribution in [1.82, 2.24) is 0 Å². The predicted molar refractivity (Wildman–Crippen MR) is 68.4 cm³/mol. The smallest absolute Gasteiger partial charge is 0.119 e. The summed E-state index contributed by atoms with van der Waals surface area (Å²) in [4.78, 5) is 0. The van der Waals surface area contributed by atoms with Crippen LogP contribution in [0.25, 0.3) is 0 Å². The summed E-state index contributed by atoms with van der Waals surface area (Å²) in [6, 6.07) is 9.69. The molecular weight excluding hydrogens is 216 g/mol. The van der Waals surface area contributed by atoms with E-state index in [-0.39, 0.29) is 6.10 Å². The van der Waals surface area contributed by atoms with E-state index in [2.05, 4.69) is 6.58 Å². The second kappa shape index (κ2) is 8.79. The molecule has 3 heteroatoms. The van der Waals surface area contributed by atoms with Crippen LogP contribution in [0, 0.1) is 0 Å². The highest BCUT2D eigenvalue weighted by Crippen LogP contribution is 2.09. The van der Waals surface area contributed by atoms with Gasteiger partial charge in [-0.2, -0.15) is 0 Å². The van der Waals surface area contributed by atoms with Gasteiger partial charge in [-0.05, 0) is 19.1 Å². The zero-order valence-electron chi connectivity index (χ0n) is 10.3. The van der Waals surface area contributed by atoms with E-state index in [0.29, 0.717) is 26.4 Å². The van der Waals surface area contributed by atoms with E-state index in [4.69, 9.17) is 14.2 Å². The minimum atomic E-state index is -0.0415. The molecule has 1 atom stereocenters. The van der Waals surface area contributed by atoms with Gasteiger partial charge in [0.25, 0.3) is 0 Å². The SMILES string of the molecule is C=CCOCC(COc1ccccc1)OCC. The zero-order chi connectivity index (χ0) is 12.3. The zero-order valence-corrected chi connectivity index (χ0v) is 10.3. The van der Waals surface area contributed by atoms with Crippen LogP contribution in [-0.2, 0) is 9.47 Å². The molecule has 3 nitrogen and oxygen atoms in total. The Bertz CT molecular complexity index is 298. The Balaban J connectivity index is 2.30. The van der Waals surface area contributed by atoms with E-state index < -0.39 is 0 Å². The maximum absolute atomic E-state index is 5.62. The van der Waals surface area contributed by atoms with Crippen LogP contribution >= 0.6 is 0 Å². The third kappa shape index (κ3) is 6.09. The van der Waals surface area contributed by atoms with Gasteiger partial charge in [0, 0.05) is 6.61 Å². The molecule has 0 spiro atoms. The summed E-state index contributed by atoms with van der Waals surface area (Å²) in [5.74, 6) is 0.848. The highest BCUT2D eigenvalue weighted by molar-refractivity contribution is 5.20. The molecule has 0 heterocycles. The van der Waals surface area contributed by atoms with E-state index in [1.54, 1.807) is 6.08 Å². The number of hydrogen-bond acceptors (Lipinski definition) is 3. The van der Waals surface area contributed by atoms with E-state index in [1.165, 1.54) is 0 Å². The third-order valence-electron chi connectivity index (χ3n) is 2.12. The van der Waals surface area contributed by atoms with Crippen molar-refractivity contribution in [2.75, 3.05) is 26.4 Å². The van der Waals surface area contributed by atoms with Gasteiger partial charge >= 0.3 is 0 Å². The Morgan fingerprint density at radius 3 is 2.65 bits per heavy atom. The van der Waals surface area contributed by atoms with Gasteiger partial charge in [-0.3, -0.25) is 0 Å². The van der Waals surface area contributed by atoms with Crippen LogP contribution in [0.15, 0.2) is 43.0 Å². The van der Waals surface area contributed by atoms with Crippen LogP contribution in [0.5, 0.6) is 5.75 Å². The van der Waals surface area contributed by atoms with Crippen molar-refractivity contribution in [3.63, 3.8) is 0 Å². The monoisotopic (exact) mass is 236 g/mol. The van der Waals surface area contributed by atoms with Gasteiger partial charge < -0.3 is 14.2 Å². The molecule has 0 bridgehead atoms. The highest BCUT2D eigenvalue weighted by atomic mass is 16.6. The molecule has 94 valence electrons. The van der Waals surface area contributed by atoms with Gasteiger partial charge in [-0.25, -0.2) is 0 Å². The first-order valence-corrected chi connectivity index (χ1v) is 5.85. The molecule has 0 fully saturated rings. The first-order valence-electron chi connectivity index (χ1n) is 5.85. The van der Waals surface area contributed by atoms with Crippen LogP contribution in [-0.4, -0.2) is 32.5 Å². The molecule has 0 amide bonds. The van der Waals surface area contributed by atoms with Crippen molar-refractivity contribution >= 4 is 0 Å². The highest BCUT2D eigenvalue weighted by Gasteiger charge is 2.09. The summed E-state index contributed by atoms with van der Waals surface area (Å²) in [5, 5.41) is 0. The second-order valence-electron chi connectivity index (χ2n) is 3.53. The number of rotatable bonds is 9. The molecule has 0 aliphatic rings. The van der Waals surface area contributed by atoms with Crippen LogP contribution in [0.3, 0.4) is 0 Å². The van der Waals surface area contributed by atoms with Crippen LogP contribution in [0.4, 0.5) is 0 Å². The molecule has 0 radical (unpaired) electrons. The standard InChI is InChI=1S/C14H20O3/c1-3-10-15-11-14(16-4-2)12-17-13-8-6-5-7-9-13/h3,5-9,14H,1,4,10-12H2,2H3. The molecule has 0 N–H and O–H groups in total. The number of para-hydroxylation sites is 1. The molecule has 0 saturated heterocycles. The first kappa shape index (κ1) is 13.7. The van der Waals surface area contributed by atoms with Crippen molar-refractivity contribution in [1.29, 1.82) is 0 Å². The van der Waals surface area contributed by atoms with E-state index >= 15 is 0 Å². The summed E-state index contributed by atoms with van der Waals surface area (Å²) >= 11 is 0. The fourth-order valence-corrected chi connectivity index (χ4v) is 1.37. The normalized spacial score (nSPS) is 12.1. The molecule has 1 rings (SSSR count). The lowest BCUT2D eigenvalue weighted by molar-refractivity contribution is -0.0271. The molecule has 1 unspecified atom stereocenters. The van der Waals surface area contributed by atoms with Crippen LogP contribution < -0.4 is 4.74 Å². The van der Waals surface area contributed by atoms with Crippen molar-refractivity contribution in [2.45, 2.75) is 13.0 Å². The van der Waals surface area contributed by atoms with Crippen molar-refractivity contribution < 1.29 is 14.2 Å². The molecule has 0 aromatic heterocycles. The van der Waals surface area contributed by atoms with Gasteiger partial charge in [0.2, 0.25) is 0 Å². The lowest BCUT2D eigenvalue weighted by Gasteiger charge is -2.17. The van der Waals surface area contributed by atoms with Gasteiger partial charge in [0.15, 0.2) is 0 Å². The first-order chi connectivity index (χ1) is 8.36. The fourth-order valence-electron chi connectivity index (χ4n) is 1.37. The predicted octanol–water partition coefficient (Wildman–Crippen LogP) is 2.67. The summed E-state index contributed by atoms with van der Waals surface area (Å²) in [5.41, 5.74) is 0. The minimum Gasteiger partial charge on any atom is -0.491 e. The Morgan fingerprint density at radius 1 is 1.24 bits per heavy atom. The van der Waals surface area contributed by atoms with Gasteiger partial charge in [-0.15, -0.1) is 6.58 Å². The average molecular weight is 236 g/mol. The topological polar surface area (TPSA) is 27.7 Å². The van der Waals surface area contributed by atoms with E-state index in [9.17, 15) is 0 Å². The van der Waals surface area contributed by atoms with Gasteiger partial charge in [0.05, 0.1) is 13.2 Å². The molecule has 0 saturated carbocycles. The number of benzene rings is 1. The molecular formula is C14H20O3. The van der Waals surface area contributed by atoms with Crippen LogP contribution in [0.1, 0.15) is 6.92 Å². The summed E-state index contributed by atoms with van der Waals surface area (Å²) in [6.45, 7) is 7.77. The fraction of sp³-hybridized carbons (Fsp3) is 0.429. The maximum Gasteiger partial charge on any atom is 0.119 e. The number of ether oxygens (including phenoxy) is 3. The molecule has 1 aromatic carbocycles.